The summed E-state index contributed by atoms with van der Waals surface area (Å²) < 4.78 is 2.33. The number of fused-ring (bicyclic) bond motifs is 1. The zero-order valence-corrected chi connectivity index (χ0v) is 8.74. The first-order chi connectivity index (χ1) is 6.16. The maximum atomic E-state index is 4.15. The molecule has 0 aliphatic rings. The van der Waals surface area contributed by atoms with E-state index in [1.54, 1.807) is 4.52 Å². The third kappa shape index (κ3) is 1.49. The van der Waals surface area contributed by atoms with Gasteiger partial charge in [-0.2, -0.15) is 0 Å². The fraction of sp³-hybridized carbons (Fsp3) is 0.111. The molecule has 66 valence electrons. The molecule has 0 atom stereocenters. The van der Waals surface area contributed by atoms with Gasteiger partial charge in [0.2, 0.25) is 4.73 Å². The van der Waals surface area contributed by atoms with Crippen LogP contribution in [0.25, 0.3) is 11.2 Å². The minimum atomic E-state index is 0.603. The van der Waals surface area contributed by atoms with Crippen LogP contribution in [0.15, 0.2) is 29.6 Å². The lowest BCUT2D eigenvalue weighted by atomic mass is 10.1. The molecule has 0 aromatic carbocycles. The topological polar surface area (TPSA) is 30.2 Å². The molecule has 0 fully saturated rings. The van der Waals surface area contributed by atoms with Crippen molar-refractivity contribution in [3.63, 3.8) is 0 Å². The highest BCUT2D eigenvalue weighted by Gasteiger charge is 2.00. The summed E-state index contributed by atoms with van der Waals surface area (Å²) in [5, 5.41) is 4.14. The van der Waals surface area contributed by atoms with Crippen LogP contribution < -0.4 is 0 Å². The molecule has 0 amide bonds. The van der Waals surface area contributed by atoms with Crippen molar-refractivity contribution in [1.82, 2.24) is 14.6 Å². The highest BCUT2D eigenvalue weighted by molar-refractivity contribution is 9.10. The number of aromatic nitrogens is 3. The number of nitrogens with zero attached hydrogens (tertiary/aromatic N) is 3. The van der Waals surface area contributed by atoms with E-state index in [2.05, 4.69) is 32.6 Å². The summed E-state index contributed by atoms with van der Waals surface area (Å²) in [5.74, 6) is 0. The Morgan fingerprint density at radius 3 is 3.00 bits per heavy atom. The fourth-order valence-electron chi connectivity index (χ4n) is 1.11. The monoisotopic (exact) mass is 237 g/mol. The van der Waals surface area contributed by atoms with Crippen LogP contribution in [0.4, 0.5) is 0 Å². The van der Waals surface area contributed by atoms with E-state index >= 15 is 0 Å². The minimum absolute atomic E-state index is 0.603. The van der Waals surface area contributed by atoms with Gasteiger partial charge in [0.05, 0.1) is 0 Å². The molecule has 2 heterocycles. The zero-order chi connectivity index (χ0) is 9.42. The van der Waals surface area contributed by atoms with Crippen molar-refractivity contribution in [1.29, 1.82) is 0 Å². The Balaban J connectivity index is 2.67. The molecule has 0 aliphatic heterocycles. The number of hydrogen-bond donors (Lipinski definition) is 0. The van der Waals surface area contributed by atoms with Crippen molar-refractivity contribution >= 4 is 27.2 Å². The molecule has 0 saturated carbocycles. The maximum absolute atomic E-state index is 4.15. The Hall–Kier alpha value is -1.16. The summed E-state index contributed by atoms with van der Waals surface area (Å²) in [6.45, 7) is 5.83. The second-order valence-corrected chi connectivity index (χ2v) is 3.59. The van der Waals surface area contributed by atoms with Gasteiger partial charge >= 0.3 is 0 Å². The normalized spacial score (nSPS) is 10.6. The van der Waals surface area contributed by atoms with Gasteiger partial charge in [-0.25, -0.2) is 9.50 Å². The van der Waals surface area contributed by atoms with Crippen LogP contribution in [0.2, 0.25) is 0 Å². The summed E-state index contributed by atoms with van der Waals surface area (Å²) in [6, 6.07) is 3.90. The van der Waals surface area contributed by atoms with Crippen LogP contribution in [0.3, 0.4) is 0 Å². The highest BCUT2D eigenvalue weighted by atomic mass is 79.9. The molecule has 0 spiro atoms. The number of halogens is 1. The Morgan fingerprint density at radius 2 is 2.31 bits per heavy atom. The number of hydrogen-bond acceptors (Lipinski definition) is 2. The van der Waals surface area contributed by atoms with Gasteiger partial charge in [0.25, 0.3) is 0 Å². The number of allylic oxidation sites excluding steroid dienone is 1. The Labute approximate surface area is 84.2 Å². The molecule has 0 aliphatic carbocycles. The van der Waals surface area contributed by atoms with Crippen molar-refractivity contribution in [3.05, 3.63) is 35.2 Å². The number of rotatable bonds is 1. The van der Waals surface area contributed by atoms with Crippen LogP contribution in [0.5, 0.6) is 0 Å². The van der Waals surface area contributed by atoms with Crippen molar-refractivity contribution in [2.45, 2.75) is 6.92 Å². The molecule has 4 heteroatoms. The smallest absolute Gasteiger partial charge is 0.218 e. The van der Waals surface area contributed by atoms with Gasteiger partial charge in [0, 0.05) is 6.20 Å². The van der Waals surface area contributed by atoms with E-state index in [4.69, 9.17) is 0 Å². The largest absolute Gasteiger partial charge is 0.219 e. The van der Waals surface area contributed by atoms with Crippen molar-refractivity contribution in [3.8, 4) is 0 Å². The third-order valence-electron chi connectivity index (χ3n) is 1.80. The summed E-state index contributed by atoms with van der Waals surface area (Å²) >= 11 is 3.22. The fourth-order valence-corrected chi connectivity index (χ4v) is 1.46. The first kappa shape index (κ1) is 8.44. The van der Waals surface area contributed by atoms with E-state index in [0.29, 0.717) is 4.73 Å². The van der Waals surface area contributed by atoms with Crippen molar-refractivity contribution in [2.75, 3.05) is 0 Å². The van der Waals surface area contributed by atoms with Crippen LogP contribution in [0.1, 0.15) is 12.5 Å². The average Bonchev–Trinajstić information content (AvgIpc) is 2.42. The van der Waals surface area contributed by atoms with Crippen molar-refractivity contribution < 1.29 is 0 Å². The molecule has 0 radical (unpaired) electrons. The van der Waals surface area contributed by atoms with Crippen molar-refractivity contribution in [2.24, 2.45) is 0 Å². The summed E-state index contributed by atoms with van der Waals surface area (Å²) in [4.78, 5) is 4.15. The lowest BCUT2D eigenvalue weighted by Crippen LogP contribution is -1.89. The standard InChI is InChI=1S/C9H8BrN3/c1-6(2)7-3-4-8-11-9(10)12-13(8)5-7/h3-5H,1H2,2H3. The highest BCUT2D eigenvalue weighted by Crippen LogP contribution is 2.13. The first-order valence-corrected chi connectivity index (χ1v) is 4.64. The van der Waals surface area contributed by atoms with E-state index in [0.717, 1.165) is 16.8 Å². The lowest BCUT2D eigenvalue weighted by molar-refractivity contribution is 0.942. The summed E-state index contributed by atoms with van der Waals surface area (Å²) in [6.07, 6.45) is 1.91. The molecule has 2 aromatic rings. The molecule has 0 bridgehead atoms. The Kier molecular flexibility index (Phi) is 1.92. The molecular formula is C9H8BrN3. The van der Waals surface area contributed by atoms with E-state index < -0.39 is 0 Å². The Morgan fingerprint density at radius 1 is 1.54 bits per heavy atom. The van der Waals surface area contributed by atoms with Gasteiger partial charge in [-0.3, -0.25) is 0 Å². The minimum Gasteiger partial charge on any atom is -0.219 e. The molecule has 3 nitrogen and oxygen atoms in total. The van der Waals surface area contributed by atoms with Crippen LogP contribution in [-0.4, -0.2) is 14.6 Å². The lowest BCUT2D eigenvalue weighted by Gasteiger charge is -1.98. The molecular weight excluding hydrogens is 230 g/mol. The van der Waals surface area contributed by atoms with Crippen LogP contribution >= 0.6 is 15.9 Å². The zero-order valence-electron chi connectivity index (χ0n) is 7.16. The Bertz CT molecular complexity index is 473. The summed E-state index contributed by atoms with van der Waals surface area (Å²) in [5.41, 5.74) is 2.93. The molecule has 2 rings (SSSR count). The van der Waals surface area contributed by atoms with Crippen LogP contribution in [0, 0.1) is 0 Å². The van der Waals surface area contributed by atoms with E-state index in [1.807, 2.05) is 25.3 Å². The van der Waals surface area contributed by atoms with Gasteiger partial charge in [0.1, 0.15) is 0 Å². The molecule has 0 saturated heterocycles. The molecule has 0 unspecified atom stereocenters. The van der Waals surface area contributed by atoms with Crippen LogP contribution in [-0.2, 0) is 0 Å². The predicted molar refractivity (Wildman–Crippen MR) is 55.4 cm³/mol. The quantitative estimate of drug-likeness (QED) is 0.764. The average molecular weight is 238 g/mol. The van der Waals surface area contributed by atoms with Gasteiger partial charge in [-0.05, 0) is 46.1 Å². The SMILES string of the molecule is C=C(C)c1ccc2nc(Br)nn2c1. The van der Waals surface area contributed by atoms with E-state index in [9.17, 15) is 0 Å². The predicted octanol–water partition coefficient (Wildman–Crippen LogP) is 2.52. The van der Waals surface area contributed by atoms with E-state index in [-0.39, 0.29) is 0 Å². The second-order valence-electron chi connectivity index (χ2n) is 2.88. The van der Waals surface area contributed by atoms with Gasteiger partial charge < -0.3 is 0 Å². The molecule has 2 aromatic heterocycles. The van der Waals surface area contributed by atoms with Gasteiger partial charge in [-0.15, -0.1) is 5.10 Å². The second kappa shape index (κ2) is 2.96. The van der Waals surface area contributed by atoms with E-state index in [1.165, 1.54) is 0 Å². The third-order valence-corrected chi connectivity index (χ3v) is 2.13. The van der Waals surface area contributed by atoms with Gasteiger partial charge in [-0.1, -0.05) is 6.58 Å². The molecule has 0 N–H and O–H groups in total. The molecule has 13 heavy (non-hydrogen) atoms. The maximum Gasteiger partial charge on any atom is 0.218 e. The summed E-state index contributed by atoms with van der Waals surface area (Å²) in [7, 11) is 0. The van der Waals surface area contributed by atoms with Gasteiger partial charge in [0.15, 0.2) is 5.65 Å². The number of pyridine rings is 1. The first-order valence-electron chi connectivity index (χ1n) is 3.84.